The minimum Gasteiger partial charge on any atom is -0.508 e. The predicted molar refractivity (Wildman–Crippen MR) is 156 cm³/mol. The van der Waals surface area contributed by atoms with Crippen LogP contribution in [0.3, 0.4) is 0 Å². The largest absolute Gasteiger partial charge is 0.508 e. The maximum absolute atomic E-state index is 13.3. The normalized spacial score (nSPS) is 36.4. The predicted octanol–water partition coefficient (Wildman–Crippen LogP) is 3.37. The molecule has 0 bridgehead atoms. The second-order valence-corrected chi connectivity index (χ2v) is 12.9. The van der Waals surface area contributed by atoms with Crippen LogP contribution in [0.2, 0.25) is 0 Å². The minimum absolute atomic E-state index is 0.168. The molecule has 1 aliphatic heterocycles. The third-order valence-electron chi connectivity index (χ3n) is 10.4. The van der Waals surface area contributed by atoms with Crippen LogP contribution in [-0.2, 0) is 20.7 Å². The summed E-state index contributed by atoms with van der Waals surface area (Å²) in [5, 5.41) is 36.9. The summed E-state index contributed by atoms with van der Waals surface area (Å²) >= 11 is 0. The van der Waals surface area contributed by atoms with Gasteiger partial charge in [0.25, 0.3) is 0 Å². The number of nitrogens with one attached hydrogen (secondary N) is 2. The van der Waals surface area contributed by atoms with Crippen molar-refractivity contribution in [2.75, 3.05) is 6.61 Å². The van der Waals surface area contributed by atoms with Gasteiger partial charge < -0.3 is 40.2 Å². The van der Waals surface area contributed by atoms with E-state index in [0.29, 0.717) is 29.3 Å². The highest BCUT2D eigenvalue weighted by Gasteiger charge is 2.56. The number of aryl methyl sites for hydroxylation is 1. The Morgan fingerprint density at radius 2 is 1.84 bits per heavy atom. The maximum atomic E-state index is 13.3. The Labute approximate surface area is 251 Å². The van der Waals surface area contributed by atoms with Crippen LogP contribution >= 0.6 is 0 Å². The number of aliphatic hydroxyl groups is 2. The fourth-order valence-corrected chi connectivity index (χ4v) is 8.42. The Balaban J connectivity index is 1.13. The lowest BCUT2D eigenvalue weighted by Gasteiger charge is -2.50. The Kier molecular flexibility index (Phi) is 8.28. The number of hydrogen-bond acceptors (Lipinski definition) is 8. The number of hydrogen-bond donors (Lipinski definition) is 5. The first-order valence-electron chi connectivity index (χ1n) is 15.4. The van der Waals surface area contributed by atoms with E-state index in [2.05, 4.69) is 23.6 Å². The number of phenols is 1. The van der Waals surface area contributed by atoms with Crippen molar-refractivity contribution in [1.82, 2.24) is 10.6 Å². The zero-order valence-corrected chi connectivity index (χ0v) is 24.6. The zero-order chi connectivity index (χ0) is 30.3. The van der Waals surface area contributed by atoms with Gasteiger partial charge in [-0.1, -0.05) is 31.2 Å². The van der Waals surface area contributed by atoms with Crippen LogP contribution in [-0.4, -0.2) is 70.6 Å². The summed E-state index contributed by atoms with van der Waals surface area (Å²) in [7, 11) is 0. The quantitative estimate of drug-likeness (QED) is 0.342. The van der Waals surface area contributed by atoms with Gasteiger partial charge in [0.05, 0.1) is 12.6 Å². The molecule has 2 saturated carbocycles. The van der Waals surface area contributed by atoms with Crippen LogP contribution in [0, 0.1) is 17.3 Å². The first-order valence-corrected chi connectivity index (χ1v) is 15.4. The first-order chi connectivity index (χ1) is 20.7. The van der Waals surface area contributed by atoms with Gasteiger partial charge in [-0.05, 0) is 91.7 Å². The van der Waals surface area contributed by atoms with Gasteiger partial charge >= 0.3 is 6.09 Å². The topological polar surface area (TPSA) is 147 Å². The standard InChI is InChI=1S/C33H42N2O8/c1-18(37)34-29-30(39)28(26(17-36)42-31(29)41-21-6-4-3-5-7-21)35-32(40)43-27-13-12-25-24-10-8-19-16-20(38)9-11-22(19)23(24)14-15-33(25,27)2/h3-7,9,11,16,23-31,36,38-39H,8,10,12-15,17H2,1-2H3,(H,34,37)(H,35,40)/t23-,24-,25+,26-,27+,28+,29-,30+,31-,33+/m1/s1. The first kappa shape index (κ1) is 29.7. The van der Waals surface area contributed by atoms with Gasteiger partial charge in [-0.15, -0.1) is 0 Å². The summed E-state index contributed by atoms with van der Waals surface area (Å²) in [5.41, 5.74) is 2.43. The number of fused-ring (bicyclic) bond motifs is 5. The number of carbonyl (C=O) groups is 2. The fourth-order valence-electron chi connectivity index (χ4n) is 8.42. The molecule has 4 aliphatic rings. The smallest absolute Gasteiger partial charge is 0.407 e. The summed E-state index contributed by atoms with van der Waals surface area (Å²) < 4.78 is 18.0. The summed E-state index contributed by atoms with van der Waals surface area (Å²) in [6, 6.07) is 12.6. The summed E-state index contributed by atoms with van der Waals surface area (Å²) in [6.45, 7) is 3.06. The van der Waals surface area contributed by atoms with Crippen molar-refractivity contribution >= 4 is 12.0 Å². The number of benzene rings is 2. The van der Waals surface area contributed by atoms with Crippen molar-refractivity contribution in [2.45, 2.75) is 95.0 Å². The molecule has 10 nitrogen and oxygen atoms in total. The molecular weight excluding hydrogens is 552 g/mol. The Bertz CT molecular complexity index is 1320. The molecular formula is C33H42N2O8. The number of phenolic OH excluding ortho intramolecular Hbond substituents is 1. The van der Waals surface area contributed by atoms with E-state index >= 15 is 0 Å². The molecule has 2 aromatic rings. The fraction of sp³-hybridized carbons (Fsp3) is 0.576. The molecule has 2 amide bonds. The number of para-hydroxylation sites is 1. The van der Waals surface area contributed by atoms with E-state index in [1.165, 1.54) is 18.1 Å². The van der Waals surface area contributed by atoms with E-state index in [9.17, 15) is 24.9 Å². The molecule has 0 spiro atoms. The molecule has 3 aliphatic carbocycles. The number of rotatable bonds is 6. The molecule has 2 aromatic carbocycles. The molecule has 6 rings (SSSR count). The van der Waals surface area contributed by atoms with Crippen LogP contribution in [0.25, 0.3) is 0 Å². The zero-order valence-electron chi connectivity index (χ0n) is 24.6. The lowest BCUT2D eigenvalue weighted by molar-refractivity contribution is -0.214. The van der Waals surface area contributed by atoms with E-state index in [1.807, 2.05) is 12.1 Å². The molecule has 10 heteroatoms. The van der Waals surface area contributed by atoms with Crippen LogP contribution < -0.4 is 15.4 Å². The summed E-state index contributed by atoms with van der Waals surface area (Å²) in [5.74, 6) is 1.75. The number of ether oxygens (including phenoxy) is 3. The van der Waals surface area contributed by atoms with Crippen LogP contribution in [0.1, 0.15) is 63.0 Å². The van der Waals surface area contributed by atoms with E-state index in [-0.39, 0.29) is 11.5 Å². The van der Waals surface area contributed by atoms with Crippen molar-refractivity contribution in [3.63, 3.8) is 0 Å². The molecule has 5 N–H and O–H groups in total. The second-order valence-electron chi connectivity index (χ2n) is 12.9. The van der Waals surface area contributed by atoms with Crippen LogP contribution in [0.4, 0.5) is 4.79 Å². The average Bonchev–Trinajstić information content (AvgIpc) is 3.32. The van der Waals surface area contributed by atoms with E-state index < -0.39 is 49.2 Å². The third-order valence-corrected chi connectivity index (χ3v) is 10.4. The maximum Gasteiger partial charge on any atom is 0.407 e. The Morgan fingerprint density at radius 3 is 2.58 bits per heavy atom. The average molecular weight is 595 g/mol. The van der Waals surface area contributed by atoms with Crippen molar-refractivity contribution in [2.24, 2.45) is 17.3 Å². The summed E-state index contributed by atoms with van der Waals surface area (Å²) in [6.07, 6.45) is 1.27. The van der Waals surface area contributed by atoms with Gasteiger partial charge in [0, 0.05) is 12.3 Å². The molecule has 0 radical (unpaired) electrons. The number of aliphatic hydroxyl groups excluding tert-OH is 2. The molecule has 43 heavy (non-hydrogen) atoms. The lowest BCUT2D eigenvalue weighted by Crippen LogP contribution is -2.69. The minimum atomic E-state index is -1.32. The molecule has 1 heterocycles. The van der Waals surface area contributed by atoms with Gasteiger partial charge in [-0.2, -0.15) is 0 Å². The van der Waals surface area contributed by atoms with Gasteiger partial charge in [0.1, 0.15) is 35.9 Å². The van der Waals surface area contributed by atoms with Crippen molar-refractivity contribution in [3.05, 3.63) is 59.7 Å². The second kappa shape index (κ2) is 12.0. The Morgan fingerprint density at radius 1 is 1.05 bits per heavy atom. The van der Waals surface area contributed by atoms with E-state index in [1.54, 1.807) is 30.3 Å². The van der Waals surface area contributed by atoms with Gasteiger partial charge in [-0.3, -0.25) is 4.79 Å². The number of aromatic hydroxyl groups is 1. The highest BCUT2D eigenvalue weighted by molar-refractivity contribution is 5.73. The van der Waals surface area contributed by atoms with Crippen LogP contribution in [0.5, 0.6) is 11.5 Å². The number of alkyl carbamates (subject to hydrolysis) is 1. The molecule has 0 aromatic heterocycles. The van der Waals surface area contributed by atoms with Crippen molar-refractivity contribution in [3.8, 4) is 11.5 Å². The monoisotopic (exact) mass is 594 g/mol. The molecule has 232 valence electrons. The van der Waals surface area contributed by atoms with E-state index in [0.717, 1.165) is 38.5 Å². The molecule has 10 atom stereocenters. The molecule has 1 saturated heterocycles. The van der Waals surface area contributed by atoms with Gasteiger partial charge in [-0.25, -0.2) is 4.79 Å². The number of amides is 2. The number of carbonyl (C=O) groups excluding carboxylic acids is 2. The van der Waals surface area contributed by atoms with Crippen molar-refractivity contribution in [1.29, 1.82) is 0 Å². The highest BCUT2D eigenvalue weighted by atomic mass is 16.7. The summed E-state index contributed by atoms with van der Waals surface area (Å²) in [4.78, 5) is 25.4. The molecule has 0 unspecified atom stereocenters. The Hall–Kier alpha value is -3.34. The van der Waals surface area contributed by atoms with Crippen LogP contribution in [0.15, 0.2) is 48.5 Å². The lowest BCUT2D eigenvalue weighted by atomic mass is 9.55. The van der Waals surface area contributed by atoms with E-state index in [4.69, 9.17) is 14.2 Å². The highest BCUT2D eigenvalue weighted by Crippen LogP contribution is 2.61. The third kappa shape index (κ3) is 5.68. The van der Waals surface area contributed by atoms with Gasteiger partial charge in [0.2, 0.25) is 12.2 Å². The molecule has 3 fully saturated rings. The SMILES string of the molecule is CC(=O)N[C@H]1[C@H](Oc2ccccc2)O[C@H](CO)[C@H](NC(=O)O[C@H]2CC[C@H]3[C@@H]4CCc5cc(O)ccc5[C@H]4CC[C@]23C)[C@@H]1O. The van der Waals surface area contributed by atoms with Gasteiger partial charge in [0.15, 0.2) is 0 Å². The van der Waals surface area contributed by atoms with Crippen molar-refractivity contribution < 1.29 is 39.1 Å².